The zero-order chi connectivity index (χ0) is 12.3. The minimum absolute atomic E-state index is 0.0348. The molecular formula is C10H16N2O4. The Hall–Kier alpha value is -1.43. The van der Waals surface area contributed by atoms with E-state index in [4.69, 9.17) is 14.4 Å². The van der Waals surface area contributed by atoms with Crippen molar-refractivity contribution in [1.29, 1.82) is 0 Å². The fraction of sp³-hybridized carbons (Fsp3) is 0.700. The van der Waals surface area contributed by atoms with E-state index in [1.165, 1.54) is 6.92 Å². The van der Waals surface area contributed by atoms with Crippen LogP contribution in [0.15, 0.2) is 4.52 Å². The lowest BCUT2D eigenvalue weighted by atomic mass is 9.97. The maximum atomic E-state index is 10.5. The molecule has 6 heteroatoms. The maximum absolute atomic E-state index is 10.5. The first-order valence-electron chi connectivity index (χ1n) is 4.98. The predicted octanol–water partition coefficient (Wildman–Crippen LogP) is 1.36. The van der Waals surface area contributed by atoms with Gasteiger partial charge in [0, 0.05) is 5.41 Å². The van der Waals surface area contributed by atoms with Crippen LogP contribution < -0.4 is 0 Å². The first-order chi connectivity index (χ1) is 7.30. The second kappa shape index (κ2) is 4.61. The van der Waals surface area contributed by atoms with Gasteiger partial charge in [0.05, 0.1) is 0 Å². The van der Waals surface area contributed by atoms with Gasteiger partial charge in [0.15, 0.2) is 11.9 Å². The second-order valence-electron chi connectivity index (χ2n) is 4.56. The van der Waals surface area contributed by atoms with Gasteiger partial charge in [0.2, 0.25) is 5.89 Å². The van der Waals surface area contributed by atoms with Crippen molar-refractivity contribution in [2.45, 2.75) is 45.8 Å². The van der Waals surface area contributed by atoms with Crippen molar-refractivity contribution in [3.05, 3.63) is 11.7 Å². The van der Waals surface area contributed by atoms with E-state index in [1.54, 1.807) is 0 Å². The quantitative estimate of drug-likeness (QED) is 0.837. The summed E-state index contributed by atoms with van der Waals surface area (Å²) in [5.74, 6) is -0.147. The Kier molecular flexibility index (Phi) is 3.64. The zero-order valence-electron chi connectivity index (χ0n) is 9.85. The molecular weight excluding hydrogens is 212 g/mol. The Morgan fingerprint density at radius 2 is 2.19 bits per heavy atom. The summed E-state index contributed by atoms with van der Waals surface area (Å²) in [6.45, 7) is 7.33. The van der Waals surface area contributed by atoms with Crippen molar-refractivity contribution >= 4 is 5.97 Å². The molecule has 0 saturated heterocycles. The van der Waals surface area contributed by atoms with Gasteiger partial charge in [0.1, 0.15) is 6.61 Å². The number of hydrogen-bond donors (Lipinski definition) is 1. The fourth-order valence-corrected chi connectivity index (χ4v) is 0.888. The number of carbonyl (C=O) groups is 1. The summed E-state index contributed by atoms with van der Waals surface area (Å²) < 4.78 is 10.1. The summed E-state index contributed by atoms with van der Waals surface area (Å²) in [7, 11) is 0. The minimum Gasteiger partial charge on any atom is -0.479 e. The maximum Gasteiger partial charge on any atom is 0.332 e. The Balaban J connectivity index is 2.57. The van der Waals surface area contributed by atoms with Gasteiger partial charge >= 0.3 is 5.97 Å². The first kappa shape index (κ1) is 12.6. The van der Waals surface area contributed by atoms with Crippen LogP contribution >= 0.6 is 0 Å². The average molecular weight is 228 g/mol. The molecule has 1 aromatic heterocycles. The molecule has 0 aliphatic rings. The van der Waals surface area contributed by atoms with Crippen LogP contribution in [0.4, 0.5) is 0 Å². The van der Waals surface area contributed by atoms with Gasteiger partial charge in [-0.3, -0.25) is 0 Å². The minimum atomic E-state index is -1.01. The normalized spacial score (nSPS) is 13.8. The number of aromatic nitrogens is 2. The predicted molar refractivity (Wildman–Crippen MR) is 54.9 cm³/mol. The van der Waals surface area contributed by atoms with Crippen molar-refractivity contribution in [3.63, 3.8) is 0 Å². The topological polar surface area (TPSA) is 85.5 Å². The summed E-state index contributed by atoms with van der Waals surface area (Å²) >= 11 is 0. The Morgan fingerprint density at radius 1 is 1.56 bits per heavy atom. The molecule has 0 radical (unpaired) electrons. The van der Waals surface area contributed by atoms with Crippen molar-refractivity contribution in [1.82, 2.24) is 10.1 Å². The lowest BCUT2D eigenvalue weighted by Crippen LogP contribution is -2.20. The monoisotopic (exact) mass is 228 g/mol. The third-order valence-electron chi connectivity index (χ3n) is 1.92. The molecule has 0 aliphatic heterocycles. The zero-order valence-corrected chi connectivity index (χ0v) is 9.85. The van der Waals surface area contributed by atoms with Gasteiger partial charge in [-0.2, -0.15) is 4.98 Å². The van der Waals surface area contributed by atoms with E-state index in [1.807, 2.05) is 20.8 Å². The van der Waals surface area contributed by atoms with Crippen LogP contribution in [0.2, 0.25) is 0 Å². The van der Waals surface area contributed by atoms with Gasteiger partial charge in [-0.05, 0) is 6.92 Å². The molecule has 1 N–H and O–H groups in total. The highest BCUT2D eigenvalue weighted by Gasteiger charge is 2.22. The van der Waals surface area contributed by atoms with Crippen LogP contribution in [0.25, 0.3) is 0 Å². The van der Waals surface area contributed by atoms with Crippen LogP contribution in [0.5, 0.6) is 0 Å². The molecule has 0 fully saturated rings. The molecule has 0 bridgehead atoms. The van der Waals surface area contributed by atoms with E-state index in [-0.39, 0.29) is 12.0 Å². The molecule has 1 atom stereocenters. The van der Waals surface area contributed by atoms with Gasteiger partial charge in [-0.25, -0.2) is 4.79 Å². The molecule has 90 valence electrons. The molecule has 0 aromatic carbocycles. The summed E-state index contributed by atoms with van der Waals surface area (Å²) in [5, 5.41) is 12.3. The van der Waals surface area contributed by atoms with Crippen LogP contribution in [0.1, 0.15) is 39.4 Å². The number of carboxylic acid groups (broad SMARTS) is 1. The molecule has 0 amide bonds. The van der Waals surface area contributed by atoms with Gasteiger partial charge < -0.3 is 14.4 Å². The smallest absolute Gasteiger partial charge is 0.332 e. The molecule has 0 spiro atoms. The Labute approximate surface area is 93.6 Å². The van der Waals surface area contributed by atoms with E-state index in [9.17, 15) is 4.79 Å². The highest BCUT2D eigenvalue weighted by molar-refractivity contribution is 5.71. The molecule has 1 rings (SSSR count). The van der Waals surface area contributed by atoms with Gasteiger partial charge in [-0.1, -0.05) is 25.9 Å². The van der Waals surface area contributed by atoms with Crippen LogP contribution in [0.3, 0.4) is 0 Å². The lowest BCUT2D eigenvalue weighted by Gasteiger charge is -2.10. The Bertz CT molecular complexity index is 367. The molecule has 0 saturated carbocycles. The van der Waals surface area contributed by atoms with E-state index in [2.05, 4.69) is 10.1 Å². The summed E-state index contributed by atoms with van der Waals surface area (Å²) in [5.41, 5.74) is -0.219. The number of hydrogen-bond acceptors (Lipinski definition) is 5. The van der Waals surface area contributed by atoms with E-state index in [0.717, 1.165) is 0 Å². The Morgan fingerprint density at radius 3 is 2.62 bits per heavy atom. The number of nitrogens with zero attached hydrogens (tertiary/aromatic N) is 2. The van der Waals surface area contributed by atoms with Crippen molar-refractivity contribution < 1.29 is 19.2 Å². The number of carboxylic acids is 1. The van der Waals surface area contributed by atoms with E-state index < -0.39 is 12.1 Å². The number of ether oxygens (including phenoxy) is 1. The molecule has 1 unspecified atom stereocenters. The van der Waals surface area contributed by atoms with Gasteiger partial charge in [0.25, 0.3) is 0 Å². The molecule has 6 nitrogen and oxygen atoms in total. The molecule has 0 aliphatic carbocycles. The third-order valence-corrected chi connectivity index (χ3v) is 1.92. The molecule has 16 heavy (non-hydrogen) atoms. The van der Waals surface area contributed by atoms with Crippen LogP contribution in [-0.2, 0) is 21.6 Å². The summed E-state index contributed by atoms with van der Waals surface area (Å²) in [4.78, 5) is 14.6. The number of aliphatic carboxylic acids is 1. The number of rotatable bonds is 4. The van der Waals surface area contributed by atoms with Gasteiger partial charge in [-0.15, -0.1) is 0 Å². The second-order valence-corrected chi connectivity index (χ2v) is 4.56. The van der Waals surface area contributed by atoms with Crippen molar-refractivity contribution in [2.75, 3.05) is 0 Å². The van der Waals surface area contributed by atoms with Crippen molar-refractivity contribution in [3.8, 4) is 0 Å². The van der Waals surface area contributed by atoms with Crippen molar-refractivity contribution in [2.24, 2.45) is 0 Å². The molecule has 1 heterocycles. The summed E-state index contributed by atoms with van der Waals surface area (Å²) in [6, 6.07) is 0. The van der Waals surface area contributed by atoms with Crippen LogP contribution in [0, 0.1) is 0 Å². The fourth-order valence-electron chi connectivity index (χ4n) is 0.888. The van der Waals surface area contributed by atoms with E-state index >= 15 is 0 Å². The highest BCUT2D eigenvalue weighted by atomic mass is 16.5. The van der Waals surface area contributed by atoms with E-state index in [0.29, 0.717) is 11.7 Å². The third kappa shape index (κ3) is 3.30. The highest BCUT2D eigenvalue weighted by Crippen LogP contribution is 2.19. The first-order valence-corrected chi connectivity index (χ1v) is 4.98. The average Bonchev–Trinajstić information content (AvgIpc) is 2.61. The largest absolute Gasteiger partial charge is 0.479 e. The SMILES string of the molecule is CC(OCc1noc(C(C)(C)C)n1)C(=O)O. The lowest BCUT2D eigenvalue weighted by molar-refractivity contribution is -0.150. The summed E-state index contributed by atoms with van der Waals surface area (Å²) in [6.07, 6.45) is -0.878. The standard InChI is InChI=1S/C10H16N2O4/c1-6(8(13)14)15-5-7-11-9(16-12-7)10(2,3)4/h6H,5H2,1-4H3,(H,13,14). The molecule has 1 aromatic rings. The van der Waals surface area contributed by atoms with Crippen LogP contribution in [-0.4, -0.2) is 27.3 Å².